The van der Waals surface area contributed by atoms with Crippen LogP contribution in [0.15, 0.2) is 41.5 Å². The Morgan fingerprint density at radius 2 is 2.06 bits per heavy atom. The summed E-state index contributed by atoms with van der Waals surface area (Å²) in [6.07, 6.45) is -0.624. The van der Waals surface area contributed by atoms with E-state index in [4.69, 9.17) is 5.73 Å². The van der Waals surface area contributed by atoms with E-state index in [2.05, 4.69) is 15.3 Å². The number of aliphatic imine (C=N–C) groups is 1. The molecule has 0 bridgehead atoms. The average molecular weight is 469 g/mol. The van der Waals surface area contributed by atoms with Gasteiger partial charge in [-0.25, -0.2) is 27.5 Å². The molecule has 32 heavy (non-hydrogen) atoms. The fourth-order valence-corrected chi connectivity index (χ4v) is 6.20. The van der Waals surface area contributed by atoms with E-state index in [1.807, 2.05) is 0 Å². The van der Waals surface area contributed by atoms with E-state index in [1.54, 1.807) is 0 Å². The van der Waals surface area contributed by atoms with E-state index < -0.39 is 45.3 Å². The first kappa shape index (κ1) is 22.4. The van der Waals surface area contributed by atoms with Gasteiger partial charge in [-0.05, 0) is 43.2 Å². The van der Waals surface area contributed by atoms with Crippen LogP contribution in [0.25, 0.3) is 0 Å². The number of aromatic nitrogens is 1. The lowest BCUT2D eigenvalue weighted by Crippen LogP contribution is -2.57. The quantitative estimate of drug-likeness (QED) is 0.544. The number of nitrogens with one attached hydrogen (secondary N) is 1. The van der Waals surface area contributed by atoms with Crippen molar-refractivity contribution in [3.63, 3.8) is 0 Å². The summed E-state index contributed by atoms with van der Waals surface area (Å²) in [5, 5.41) is 1.41. The summed E-state index contributed by atoms with van der Waals surface area (Å²) in [4.78, 5) is 20.6. The molecule has 0 saturated heterocycles. The van der Waals surface area contributed by atoms with Crippen LogP contribution in [-0.4, -0.2) is 48.7 Å². The van der Waals surface area contributed by atoms with Crippen molar-refractivity contribution in [2.24, 2.45) is 10.7 Å². The van der Waals surface area contributed by atoms with E-state index >= 15 is 4.39 Å². The molecule has 1 aromatic carbocycles. The molecule has 1 saturated carbocycles. The van der Waals surface area contributed by atoms with Gasteiger partial charge in [0.15, 0.2) is 0 Å². The molecule has 1 aliphatic heterocycles. The molecular formula is C20H22F3N5O3S. The van der Waals surface area contributed by atoms with Crippen LogP contribution in [0.4, 0.5) is 18.9 Å². The third-order valence-corrected chi connectivity index (χ3v) is 8.25. The Morgan fingerprint density at radius 1 is 1.31 bits per heavy atom. The lowest BCUT2D eigenvalue weighted by molar-refractivity contribution is 0.102. The van der Waals surface area contributed by atoms with E-state index in [0.29, 0.717) is 0 Å². The van der Waals surface area contributed by atoms with Gasteiger partial charge in [0.05, 0.1) is 6.20 Å². The Balaban J connectivity index is 1.76. The monoisotopic (exact) mass is 469 g/mol. The second-order valence-electron chi connectivity index (χ2n) is 7.82. The van der Waals surface area contributed by atoms with Gasteiger partial charge in [0.25, 0.3) is 5.91 Å². The molecule has 0 spiro atoms. The molecule has 8 nitrogen and oxygen atoms in total. The van der Waals surface area contributed by atoms with E-state index in [0.717, 1.165) is 22.6 Å². The molecule has 1 aromatic heterocycles. The van der Waals surface area contributed by atoms with Crippen molar-refractivity contribution in [3.8, 4) is 0 Å². The van der Waals surface area contributed by atoms with E-state index in [-0.39, 0.29) is 42.2 Å². The second kappa shape index (κ2) is 7.94. The molecule has 5 N–H and O–H groups in total. The molecule has 12 heteroatoms. The maximum Gasteiger partial charge on any atom is 0.274 e. The highest BCUT2D eigenvalue weighted by Crippen LogP contribution is 2.62. The molecule has 1 amide bonds. The highest BCUT2D eigenvalue weighted by molar-refractivity contribution is 8.23. The third-order valence-electron chi connectivity index (χ3n) is 5.91. The van der Waals surface area contributed by atoms with Gasteiger partial charge < -0.3 is 11.1 Å². The van der Waals surface area contributed by atoms with Crippen LogP contribution in [0.3, 0.4) is 0 Å². The van der Waals surface area contributed by atoms with Gasteiger partial charge in [-0.2, -0.15) is 0 Å². The topological polar surface area (TPSA) is 124 Å². The lowest BCUT2D eigenvalue weighted by Gasteiger charge is -2.58. The van der Waals surface area contributed by atoms with Gasteiger partial charge in [-0.3, -0.25) is 13.9 Å². The molecular weight excluding hydrogens is 447 g/mol. The predicted octanol–water partition coefficient (Wildman–Crippen LogP) is 3.62. The first-order valence-corrected chi connectivity index (χ1v) is 11.3. The first-order valence-electron chi connectivity index (χ1n) is 9.78. The lowest BCUT2D eigenvalue weighted by atomic mass is 9.75. The number of hydrogen-bond donors (Lipinski definition) is 4. The summed E-state index contributed by atoms with van der Waals surface area (Å²) in [6.45, 7) is 0. The van der Waals surface area contributed by atoms with Crippen LogP contribution in [-0.2, 0) is 5.54 Å². The van der Waals surface area contributed by atoms with Gasteiger partial charge >= 0.3 is 0 Å². The van der Waals surface area contributed by atoms with Crippen LogP contribution >= 0.6 is 10.8 Å². The number of alkyl halides is 1. The standard InChI is InChI=1S/C20H22F3N5O3S/c1-28-19(24)27-20(7-6-11(21)8-17(20)32(28,30)31)14-9-13(3-4-15(14)23)26-18(29)16-5-2-12(22)10-25-16/h2-5,9-11,17,30-31H,6-8H2,1H3,(H2,24,27)(H,26,29). The van der Waals surface area contributed by atoms with Crippen molar-refractivity contribution in [1.29, 1.82) is 0 Å². The Morgan fingerprint density at radius 3 is 2.75 bits per heavy atom. The fraction of sp³-hybridized carbons (Fsp3) is 0.350. The zero-order valence-electron chi connectivity index (χ0n) is 17.0. The van der Waals surface area contributed by atoms with Crippen LogP contribution < -0.4 is 11.1 Å². The molecule has 1 aliphatic carbocycles. The van der Waals surface area contributed by atoms with Crippen molar-refractivity contribution >= 4 is 28.3 Å². The second-order valence-corrected chi connectivity index (χ2v) is 10.1. The zero-order chi connectivity index (χ0) is 23.3. The van der Waals surface area contributed by atoms with Crippen molar-refractivity contribution in [3.05, 3.63) is 59.4 Å². The van der Waals surface area contributed by atoms with Crippen molar-refractivity contribution < 1.29 is 27.1 Å². The summed E-state index contributed by atoms with van der Waals surface area (Å²) in [7, 11) is -2.28. The van der Waals surface area contributed by atoms with Gasteiger partial charge in [0.1, 0.15) is 34.3 Å². The summed E-state index contributed by atoms with van der Waals surface area (Å²) in [5.41, 5.74) is 4.50. The van der Waals surface area contributed by atoms with Crippen LogP contribution in [0.5, 0.6) is 0 Å². The Hall–Kier alpha value is -2.83. The number of amides is 1. The number of fused-ring (bicyclic) bond motifs is 1. The molecule has 1 fully saturated rings. The molecule has 2 heterocycles. The van der Waals surface area contributed by atoms with Gasteiger partial charge in [-0.1, -0.05) is 0 Å². The van der Waals surface area contributed by atoms with Crippen LogP contribution in [0.1, 0.15) is 35.3 Å². The predicted molar refractivity (Wildman–Crippen MR) is 115 cm³/mol. The minimum atomic E-state index is -3.61. The van der Waals surface area contributed by atoms with Crippen LogP contribution in [0, 0.1) is 11.6 Å². The van der Waals surface area contributed by atoms with Crippen molar-refractivity contribution in [2.45, 2.75) is 36.2 Å². The molecule has 2 aliphatic rings. The maximum atomic E-state index is 15.1. The van der Waals surface area contributed by atoms with Crippen molar-refractivity contribution in [2.75, 3.05) is 12.4 Å². The van der Waals surface area contributed by atoms with Crippen molar-refractivity contribution in [1.82, 2.24) is 9.29 Å². The molecule has 3 atom stereocenters. The number of carbonyl (C=O) groups is 1. The largest absolute Gasteiger partial charge is 0.369 e. The number of nitrogens with two attached hydrogens (primary N) is 1. The summed E-state index contributed by atoms with van der Waals surface area (Å²) in [6, 6.07) is 6.01. The summed E-state index contributed by atoms with van der Waals surface area (Å²) >= 11 is 0. The maximum absolute atomic E-state index is 15.1. The summed E-state index contributed by atoms with van der Waals surface area (Å²) in [5.74, 6) is -2.17. The highest BCUT2D eigenvalue weighted by atomic mass is 32.3. The minimum Gasteiger partial charge on any atom is -0.369 e. The number of rotatable bonds is 3. The number of pyridine rings is 1. The van der Waals surface area contributed by atoms with Gasteiger partial charge in [-0.15, -0.1) is 10.8 Å². The zero-order valence-corrected chi connectivity index (χ0v) is 17.8. The number of carbonyl (C=O) groups excluding carboxylic acids is 1. The SMILES string of the molecule is CN1C(N)=NC2(c3cc(NC(=O)c4ccc(F)cn4)ccc3F)CCC(F)CC2S1(O)O. The Kier molecular flexibility index (Phi) is 5.55. The molecule has 0 radical (unpaired) electrons. The van der Waals surface area contributed by atoms with E-state index in [1.165, 1.54) is 25.2 Å². The summed E-state index contributed by atoms with van der Waals surface area (Å²) < 4.78 is 65.1. The number of benzene rings is 1. The normalized spacial score (nSPS) is 27.8. The number of nitrogens with zero attached hydrogens (tertiary/aromatic N) is 3. The molecule has 3 unspecified atom stereocenters. The number of hydrogen-bond acceptors (Lipinski definition) is 7. The molecule has 2 aromatic rings. The average Bonchev–Trinajstić information content (AvgIpc) is 2.75. The number of guanidine groups is 1. The van der Waals surface area contributed by atoms with Crippen LogP contribution in [0.2, 0.25) is 0 Å². The smallest absolute Gasteiger partial charge is 0.274 e. The highest BCUT2D eigenvalue weighted by Gasteiger charge is 2.56. The first-order chi connectivity index (χ1) is 15.0. The van der Waals surface area contributed by atoms with E-state index in [9.17, 15) is 22.7 Å². The third kappa shape index (κ3) is 3.67. The minimum absolute atomic E-state index is 0.00290. The van der Waals surface area contributed by atoms with Gasteiger partial charge in [0, 0.05) is 24.7 Å². The Labute approximate surface area is 183 Å². The Bertz CT molecular complexity index is 1080. The molecule has 172 valence electrons. The number of halogens is 3. The fourth-order valence-electron chi connectivity index (χ4n) is 4.21. The molecule has 4 rings (SSSR count). The van der Waals surface area contributed by atoms with Gasteiger partial charge in [0.2, 0.25) is 5.96 Å². The number of anilines is 1.